The van der Waals surface area contributed by atoms with Gasteiger partial charge in [-0.3, -0.25) is 0 Å². The van der Waals surface area contributed by atoms with Crippen LogP contribution in [0.1, 0.15) is 19.4 Å². The number of nitrogens with zero attached hydrogens (tertiary/aromatic N) is 1. The molecule has 0 aromatic heterocycles. The predicted molar refractivity (Wildman–Crippen MR) is 74.2 cm³/mol. The molecule has 0 bridgehead atoms. The van der Waals surface area contributed by atoms with Crippen molar-refractivity contribution < 1.29 is 21.9 Å². The number of carbonyl (C=O) groups is 1. The summed E-state index contributed by atoms with van der Waals surface area (Å²) < 4.78 is 5.12. The third kappa shape index (κ3) is 7.65. The zero-order chi connectivity index (χ0) is 13.4. The van der Waals surface area contributed by atoms with E-state index in [1.807, 2.05) is 37.4 Å². The molecule has 0 aliphatic carbocycles. The Hall–Kier alpha value is -1.32. The highest BCUT2D eigenvalue weighted by Gasteiger charge is 2.03. The van der Waals surface area contributed by atoms with Crippen LogP contribution in [0, 0.1) is 0 Å². The van der Waals surface area contributed by atoms with Crippen LogP contribution in [0.4, 0.5) is 0 Å². The monoisotopic (exact) mass is 282 g/mol. The lowest BCUT2D eigenvalue weighted by atomic mass is 10.2. The molecule has 0 N–H and O–H groups in total. The Kier molecular flexibility index (Phi) is 8.92. The topological polar surface area (TPSA) is 29.5 Å². The van der Waals surface area contributed by atoms with Crippen molar-refractivity contribution in [2.24, 2.45) is 0 Å². The summed E-state index contributed by atoms with van der Waals surface area (Å²) >= 11 is 0. The summed E-state index contributed by atoms with van der Waals surface area (Å²) in [6, 6.07) is 10.2. The summed E-state index contributed by atoms with van der Waals surface area (Å²) in [5.74, 6) is -0.295. The first-order valence-electron chi connectivity index (χ1n) is 6.19. The minimum Gasteiger partial charge on any atom is -1.00 e. The van der Waals surface area contributed by atoms with Crippen molar-refractivity contribution in [2.75, 3.05) is 20.2 Å². The second-order valence-corrected chi connectivity index (χ2v) is 4.49. The Balaban J connectivity index is 0.00000324. The van der Waals surface area contributed by atoms with Gasteiger partial charge in [0.05, 0.1) is 0 Å². The van der Waals surface area contributed by atoms with Crippen LogP contribution in [0.25, 0.3) is 6.08 Å². The van der Waals surface area contributed by atoms with Gasteiger partial charge in [-0.15, -0.1) is 0 Å². The molecule has 4 heteroatoms. The average Bonchev–Trinajstić information content (AvgIpc) is 2.37. The summed E-state index contributed by atoms with van der Waals surface area (Å²) in [5, 5.41) is 0. The lowest BCUT2D eigenvalue weighted by Crippen LogP contribution is -3.00. The highest BCUT2D eigenvalue weighted by molar-refractivity contribution is 5.86. The van der Waals surface area contributed by atoms with Gasteiger partial charge in [0.1, 0.15) is 6.61 Å². The molecule has 106 valence electrons. The Labute approximate surface area is 121 Å². The quantitative estimate of drug-likeness (QED) is 0.525. The molecule has 0 aliphatic heterocycles. The molecule has 0 saturated carbocycles. The van der Waals surface area contributed by atoms with Crippen LogP contribution in [-0.4, -0.2) is 37.1 Å². The molecule has 19 heavy (non-hydrogen) atoms. The van der Waals surface area contributed by atoms with Crippen molar-refractivity contribution in [3.63, 3.8) is 0 Å². The van der Waals surface area contributed by atoms with Crippen LogP contribution < -0.4 is 12.4 Å². The van der Waals surface area contributed by atoms with Gasteiger partial charge in [0.25, 0.3) is 0 Å². The Bertz CT molecular complexity index is 390. The zero-order valence-electron chi connectivity index (χ0n) is 11.7. The minimum absolute atomic E-state index is 0. The molecule has 0 fully saturated rings. The molecule has 0 radical (unpaired) electrons. The Morgan fingerprint density at radius 3 is 2.53 bits per heavy atom. The number of carbonyl (C=O) groups excluding carboxylic acids is 1. The predicted octanol–water partition coefficient (Wildman–Crippen LogP) is -0.413. The maximum absolute atomic E-state index is 11.4. The summed E-state index contributed by atoms with van der Waals surface area (Å²) in [7, 11) is 2.01. The van der Waals surface area contributed by atoms with E-state index in [4.69, 9.17) is 4.74 Å². The van der Waals surface area contributed by atoms with E-state index in [0.717, 1.165) is 12.1 Å². The molecule has 1 aromatic rings. The Morgan fingerprint density at radius 1 is 1.32 bits per heavy atom. The molecule has 0 unspecified atom stereocenters. The normalized spacial score (nSPS) is 10.8. The third-order valence-electron chi connectivity index (χ3n) is 2.78. The summed E-state index contributed by atoms with van der Waals surface area (Å²) in [5.41, 5.74) is 0.994. The summed E-state index contributed by atoms with van der Waals surface area (Å²) in [6.45, 7) is 5.39. The van der Waals surface area contributed by atoms with Crippen molar-refractivity contribution >= 4 is 12.0 Å². The van der Waals surface area contributed by atoms with Gasteiger partial charge < -0.3 is 22.0 Å². The number of benzene rings is 1. The van der Waals surface area contributed by atoms with Crippen LogP contribution in [-0.2, 0) is 9.53 Å². The number of rotatable bonds is 6. The van der Waals surface area contributed by atoms with Gasteiger partial charge in [0.15, 0.2) is 0 Å². The second kappa shape index (κ2) is 9.59. The summed E-state index contributed by atoms with van der Waals surface area (Å²) in [4.78, 5) is 13.6. The standard InChI is InChI=1S/C15H21NO2.ClH/c1-13(2)16(3)11-12-18-15(17)10-9-14-7-5-4-6-8-14;/h4-10,13H,11-12H2,1-3H3;1H/p-1/b10-9+;. The maximum Gasteiger partial charge on any atom is 0.330 e. The fourth-order valence-corrected chi connectivity index (χ4v) is 1.32. The van der Waals surface area contributed by atoms with Gasteiger partial charge in [0.2, 0.25) is 0 Å². The molecule has 0 heterocycles. The number of likely N-dealkylation sites (N-methyl/N-ethyl adjacent to an activating group) is 1. The number of ether oxygens (including phenoxy) is 1. The van der Waals surface area contributed by atoms with Gasteiger partial charge in [-0.2, -0.15) is 0 Å². The molecular formula is C15H21ClNO2-. The van der Waals surface area contributed by atoms with Crippen LogP contribution in [0.5, 0.6) is 0 Å². The highest BCUT2D eigenvalue weighted by atomic mass is 35.5. The van der Waals surface area contributed by atoms with Crippen molar-refractivity contribution in [1.29, 1.82) is 0 Å². The van der Waals surface area contributed by atoms with Crippen molar-refractivity contribution in [3.05, 3.63) is 42.0 Å². The smallest absolute Gasteiger partial charge is 0.330 e. The number of halogens is 1. The largest absolute Gasteiger partial charge is 1.00 e. The van der Waals surface area contributed by atoms with Crippen LogP contribution in [0.2, 0.25) is 0 Å². The van der Waals surface area contributed by atoms with Crippen LogP contribution >= 0.6 is 0 Å². The lowest BCUT2D eigenvalue weighted by molar-refractivity contribution is -0.138. The van der Waals surface area contributed by atoms with E-state index in [1.165, 1.54) is 6.08 Å². The van der Waals surface area contributed by atoms with E-state index >= 15 is 0 Å². The highest BCUT2D eigenvalue weighted by Crippen LogP contribution is 2.01. The number of esters is 1. The van der Waals surface area contributed by atoms with Gasteiger partial charge in [0, 0.05) is 18.7 Å². The number of hydrogen-bond donors (Lipinski definition) is 0. The van der Waals surface area contributed by atoms with Gasteiger partial charge in [-0.25, -0.2) is 4.79 Å². The van der Waals surface area contributed by atoms with Crippen LogP contribution in [0.3, 0.4) is 0 Å². The molecule has 1 aromatic carbocycles. The fourth-order valence-electron chi connectivity index (χ4n) is 1.32. The maximum atomic E-state index is 11.4. The van der Waals surface area contributed by atoms with E-state index in [-0.39, 0.29) is 18.4 Å². The second-order valence-electron chi connectivity index (χ2n) is 4.49. The number of hydrogen-bond acceptors (Lipinski definition) is 3. The van der Waals surface area contributed by atoms with Gasteiger partial charge >= 0.3 is 5.97 Å². The summed E-state index contributed by atoms with van der Waals surface area (Å²) in [6.07, 6.45) is 3.22. The van der Waals surface area contributed by atoms with E-state index in [2.05, 4.69) is 18.7 Å². The lowest BCUT2D eigenvalue weighted by Gasteiger charge is -2.20. The minimum atomic E-state index is -0.295. The van der Waals surface area contributed by atoms with Gasteiger partial charge in [-0.05, 0) is 32.5 Å². The Morgan fingerprint density at radius 2 is 1.95 bits per heavy atom. The molecule has 0 spiro atoms. The molecular weight excluding hydrogens is 262 g/mol. The molecule has 0 atom stereocenters. The first-order chi connectivity index (χ1) is 8.59. The molecule has 0 saturated heterocycles. The SMILES string of the molecule is CC(C)N(C)CCOC(=O)/C=C/c1ccccc1.[Cl-]. The van der Waals surface area contributed by atoms with Crippen molar-refractivity contribution in [1.82, 2.24) is 4.90 Å². The molecule has 3 nitrogen and oxygen atoms in total. The van der Waals surface area contributed by atoms with Crippen LogP contribution in [0.15, 0.2) is 36.4 Å². The van der Waals surface area contributed by atoms with E-state index in [0.29, 0.717) is 12.6 Å². The molecule has 0 aliphatic rings. The first-order valence-corrected chi connectivity index (χ1v) is 6.19. The molecule has 0 amide bonds. The fraction of sp³-hybridized carbons (Fsp3) is 0.400. The first kappa shape index (κ1) is 17.7. The average molecular weight is 283 g/mol. The zero-order valence-corrected chi connectivity index (χ0v) is 12.4. The third-order valence-corrected chi connectivity index (χ3v) is 2.78. The van der Waals surface area contributed by atoms with E-state index in [9.17, 15) is 4.79 Å². The molecule has 1 rings (SSSR count). The van der Waals surface area contributed by atoms with Gasteiger partial charge in [-0.1, -0.05) is 30.3 Å². The van der Waals surface area contributed by atoms with Crippen molar-refractivity contribution in [2.45, 2.75) is 19.9 Å². The van der Waals surface area contributed by atoms with E-state index in [1.54, 1.807) is 6.08 Å². The van der Waals surface area contributed by atoms with Crippen molar-refractivity contribution in [3.8, 4) is 0 Å². The van der Waals surface area contributed by atoms with E-state index < -0.39 is 0 Å².